The maximum atomic E-state index is 13.3. The lowest BCUT2D eigenvalue weighted by Crippen LogP contribution is -2.11. The third kappa shape index (κ3) is 3.07. The van der Waals surface area contributed by atoms with Crippen LogP contribution in [0.1, 0.15) is 39.8 Å². The number of hydrogen-bond donors (Lipinski definition) is 0. The van der Waals surface area contributed by atoms with Crippen molar-refractivity contribution in [2.45, 2.75) is 33.6 Å². The molecule has 0 radical (unpaired) electrons. The zero-order valence-corrected chi connectivity index (χ0v) is 11.9. The van der Waals surface area contributed by atoms with Gasteiger partial charge in [0, 0.05) is 12.0 Å². The quantitative estimate of drug-likeness (QED) is 0.803. The molecule has 0 spiro atoms. The van der Waals surface area contributed by atoms with E-state index in [1.165, 1.54) is 12.1 Å². The van der Waals surface area contributed by atoms with Gasteiger partial charge < -0.3 is 0 Å². The molecule has 3 nitrogen and oxygen atoms in total. The SMILES string of the molecule is CCc1nnc(C)cc1C(=O)Cc1cc(F)ccc1C. The summed E-state index contributed by atoms with van der Waals surface area (Å²) in [6, 6.07) is 6.26. The number of aryl methyl sites for hydroxylation is 3. The van der Waals surface area contributed by atoms with Crippen LogP contribution < -0.4 is 0 Å². The first-order valence-corrected chi connectivity index (χ1v) is 6.62. The highest BCUT2D eigenvalue weighted by atomic mass is 19.1. The van der Waals surface area contributed by atoms with E-state index in [-0.39, 0.29) is 18.0 Å². The van der Waals surface area contributed by atoms with Crippen LogP contribution in [0.15, 0.2) is 24.3 Å². The number of hydrogen-bond acceptors (Lipinski definition) is 3. The summed E-state index contributed by atoms with van der Waals surface area (Å²) in [4.78, 5) is 12.4. The lowest BCUT2D eigenvalue weighted by atomic mass is 9.98. The molecule has 1 aromatic carbocycles. The Labute approximate surface area is 117 Å². The normalized spacial score (nSPS) is 10.6. The van der Waals surface area contributed by atoms with Gasteiger partial charge in [0.25, 0.3) is 0 Å². The minimum Gasteiger partial charge on any atom is -0.294 e. The van der Waals surface area contributed by atoms with Crippen LogP contribution in [0, 0.1) is 19.7 Å². The van der Waals surface area contributed by atoms with E-state index in [2.05, 4.69) is 10.2 Å². The molecule has 2 aromatic rings. The minimum absolute atomic E-state index is 0.0476. The lowest BCUT2D eigenvalue weighted by molar-refractivity contribution is 0.0991. The first kappa shape index (κ1) is 14.3. The van der Waals surface area contributed by atoms with E-state index in [4.69, 9.17) is 0 Å². The number of aromatic nitrogens is 2. The van der Waals surface area contributed by atoms with Crippen molar-refractivity contribution in [1.29, 1.82) is 0 Å². The fourth-order valence-electron chi connectivity index (χ4n) is 2.12. The number of nitrogens with zero attached hydrogens (tertiary/aromatic N) is 2. The van der Waals surface area contributed by atoms with E-state index >= 15 is 0 Å². The highest BCUT2D eigenvalue weighted by molar-refractivity contribution is 5.98. The van der Waals surface area contributed by atoms with Gasteiger partial charge in [-0.15, -0.1) is 0 Å². The van der Waals surface area contributed by atoms with Gasteiger partial charge in [0.05, 0.1) is 11.4 Å². The Hall–Kier alpha value is -2.10. The summed E-state index contributed by atoms with van der Waals surface area (Å²) in [5.74, 6) is -0.369. The summed E-state index contributed by atoms with van der Waals surface area (Å²) in [5.41, 5.74) is 3.61. The van der Waals surface area contributed by atoms with E-state index in [0.717, 1.165) is 5.56 Å². The molecule has 0 amide bonds. The molecule has 0 aliphatic rings. The summed E-state index contributed by atoms with van der Waals surface area (Å²) >= 11 is 0. The Balaban J connectivity index is 2.32. The van der Waals surface area contributed by atoms with Crippen LogP contribution in [0.25, 0.3) is 0 Å². The molecule has 1 heterocycles. The molecular formula is C16H17FN2O. The van der Waals surface area contributed by atoms with Crippen molar-refractivity contribution in [2.75, 3.05) is 0 Å². The predicted octanol–water partition coefficient (Wildman–Crippen LogP) is 3.22. The van der Waals surface area contributed by atoms with Crippen LogP contribution in [-0.4, -0.2) is 16.0 Å². The number of carbonyl (C=O) groups is 1. The Morgan fingerprint density at radius 3 is 2.65 bits per heavy atom. The van der Waals surface area contributed by atoms with Crippen LogP contribution in [-0.2, 0) is 12.8 Å². The molecule has 0 saturated heterocycles. The molecule has 20 heavy (non-hydrogen) atoms. The number of carbonyl (C=O) groups excluding carboxylic acids is 1. The summed E-state index contributed by atoms with van der Waals surface area (Å²) in [7, 11) is 0. The van der Waals surface area contributed by atoms with Gasteiger partial charge in [-0.1, -0.05) is 13.0 Å². The van der Waals surface area contributed by atoms with E-state index in [1.807, 2.05) is 13.8 Å². The largest absolute Gasteiger partial charge is 0.294 e. The van der Waals surface area contributed by atoms with Crippen LogP contribution in [0.2, 0.25) is 0 Å². The van der Waals surface area contributed by atoms with Crippen LogP contribution in [0.3, 0.4) is 0 Å². The Morgan fingerprint density at radius 2 is 1.95 bits per heavy atom. The van der Waals surface area contributed by atoms with Crippen molar-refractivity contribution in [3.63, 3.8) is 0 Å². The zero-order valence-electron chi connectivity index (χ0n) is 11.9. The van der Waals surface area contributed by atoms with Crippen molar-refractivity contribution >= 4 is 5.78 Å². The standard InChI is InChI=1S/C16H17FN2O/c1-4-15-14(7-11(3)18-19-15)16(20)9-12-8-13(17)6-5-10(12)2/h5-8H,4,9H2,1-3H3. The van der Waals surface area contributed by atoms with Gasteiger partial charge in [0.15, 0.2) is 5.78 Å². The second-order valence-corrected chi connectivity index (χ2v) is 4.87. The van der Waals surface area contributed by atoms with Crippen LogP contribution in [0.5, 0.6) is 0 Å². The minimum atomic E-state index is -0.321. The summed E-state index contributed by atoms with van der Waals surface area (Å²) in [5, 5.41) is 8.02. The molecule has 0 bridgehead atoms. The highest BCUT2D eigenvalue weighted by Crippen LogP contribution is 2.16. The Morgan fingerprint density at radius 1 is 1.20 bits per heavy atom. The molecule has 0 saturated carbocycles. The number of halogens is 1. The highest BCUT2D eigenvalue weighted by Gasteiger charge is 2.15. The number of ketones is 1. The summed E-state index contributed by atoms with van der Waals surface area (Å²) in [6.07, 6.45) is 0.832. The summed E-state index contributed by atoms with van der Waals surface area (Å²) < 4.78 is 13.3. The average molecular weight is 272 g/mol. The first-order chi connectivity index (χ1) is 9.51. The van der Waals surface area contributed by atoms with E-state index in [9.17, 15) is 9.18 Å². The third-order valence-corrected chi connectivity index (χ3v) is 3.29. The van der Waals surface area contributed by atoms with Gasteiger partial charge in [-0.3, -0.25) is 4.79 Å². The van der Waals surface area contributed by atoms with Crippen LogP contribution >= 0.6 is 0 Å². The molecule has 4 heteroatoms. The van der Waals surface area contributed by atoms with Crippen molar-refractivity contribution < 1.29 is 9.18 Å². The lowest BCUT2D eigenvalue weighted by Gasteiger charge is -2.08. The van der Waals surface area contributed by atoms with Gasteiger partial charge >= 0.3 is 0 Å². The molecule has 1 aromatic heterocycles. The molecule has 0 fully saturated rings. The van der Waals surface area contributed by atoms with E-state index in [0.29, 0.717) is 28.9 Å². The fourth-order valence-corrected chi connectivity index (χ4v) is 2.12. The van der Waals surface area contributed by atoms with Crippen LogP contribution in [0.4, 0.5) is 4.39 Å². The van der Waals surface area contributed by atoms with E-state index in [1.54, 1.807) is 19.1 Å². The molecule has 0 N–H and O–H groups in total. The van der Waals surface area contributed by atoms with Crippen molar-refractivity contribution in [3.8, 4) is 0 Å². The molecule has 0 unspecified atom stereocenters. The Kier molecular flexibility index (Phi) is 4.23. The van der Waals surface area contributed by atoms with E-state index < -0.39 is 0 Å². The maximum absolute atomic E-state index is 13.3. The van der Waals surface area contributed by atoms with Crippen molar-refractivity contribution in [2.24, 2.45) is 0 Å². The second-order valence-electron chi connectivity index (χ2n) is 4.87. The topological polar surface area (TPSA) is 42.9 Å². The second kappa shape index (κ2) is 5.90. The smallest absolute Gasteiger partial charge is 0.169 e. The number of benzene rings is 1. The monoisotopic (exact) mass is 272 g/mol. The molecule has 104 valence electrons. The van der Waals surface area contributed by atoms with Crippen molar-refractivity contribution in [1.82, 2.24) is 10.2 Å². The maximum Gasteiger partial charge on any atom is 0.169 e. The molecule has 0 atom stereocenters. The van der Waals surface area contributed by atoms with Gasteiger partial charge in [-0.2, -0.15) is 10.2 Å². The van der Waals surface area contributed by atoms with Gasteiger partial charge in [-0.05, 0) is 49.6 Å². The summed E-state index contributed by atoms with van der Waals surface area (Å²) in [6.45, 7) is 5.61. The zero-order chi connectivity index (χ0) is 14.7. The van der Waals surface area contributed by atoms with Gasteiger partial charge in [-0.25, -0.2) is 4.39 Å². The average Bonchev–Trinajstić information content (AvgIpc) is 2.42. The fraction of sp³-hybridized carbons (Fsp3) is 0.312. The number of Topliss-reactive ketones (excluding diaryl/α,β-unsaturated/α-hetero) is 1. The molecule has 0 aliphatic heterocycles. The Bertz CT molecular complexity index is 653. The molecule has 0 aliphatic carbocycles. The van der Waals surface area contributed by atoms with Gasteiger partial charge in [0.2, 0.25) is 0 Å². The van der Waals surface area contributed by atoms with Gasteiger partial charge in [0.1, 0.15) is 5.82 Å². The molecule has 2 rings (SSSR count). The predicted molar refractivity (Wildman–Crippen MR) is 75.3 cm³/mol. The third-order valence-electron chi connectivity index (χ3n) is 3.29. The first-order valence-electron chi connectivity index (χ1n) is 6.62. The molecular weight excluding hydrogens is 255 g/mol. The van der Waals surface area contributed by atoms with Crippen molar-refractivity contribution in [3.05, 3.63) is 58.2 Å². The number of rotatable bonds is 4.